The van der Waals surface area contributed by atoms with Crippen molar-refractivity contribution in [3.8, 4) is 0 Å². The van der Waals surface area contributed by atoms with Gasteiger partial charge in [-0.05, 0) is 36.9 Å². The van der Waals surface area contributed by atoms with Crippen molar-refractivity contribution in [3.63, 3.8) is 0 Å². The topological polar surface area (TPSA) is 49.4 Å². The number of rotatable bonds is 5. The zero-order chi connectivity index (χ0) is 12.5. The second kappa shape index (κ2) is 5.06. The van der Waals surface area contributed by atoms with Crippen LogP contribution < -0.4 is 5.32 Å². The third-order valence-corrected chi connectivity index (χ3v) is 6.61. The first-order valence-electron chi connectivity index (χ1n) is 5.75. The summed E-state index contributed by atoms with van der Waals surface area (Å²) in [6.07, 6.45) is 3.12. The molecule has 1 saturated carbocycles. The highest BCUT2D eigenvalue weighted by atomic mass is 32.2. The first-order chi connectivity index (χ1) is 8.05. The number of hydrogen-bond acceptors (Lipinski definition) is 4. The molecule has 1 aromatic heterocycles. The minimum atomic E-state index is -3.27. The third kappa shape index (κ3) is 2.54. The summed E-state index contributed by atoms with van der Waals surface area (Å²) in [5.41, 5.74) is 1.03. The van der Waals surface area contributed by atoms with Gasteiger partial charge in [0.1, 0.15) is 4.21 Å². The SMILES string of the molecule is CNCc1csc(S(=O)(=O)N(C)C2CCC2)c1. The van der Waals surface area contributed by atoms with Crippen LogP contribution in [-0.2, 0) is 16.6 Å². The summed E-state index contributed by atoms with van der Waals surface area (Å²) >= 11 is 1.31. The van der Waals surface area contributed by atoms with Crippen molar-refractivity contribution in [1.29, 1.82) is 0 Å². The van der Waals surface area contributed by atoms with Gasteiger partial charge in [-0.15, -0.1) is 11.3 Å². The van der Waals surface area contributed by atoms with Crippen LogP contribution in [0.2, 0.25) is 0 Å². The third-order valence-electron chi connectivity index (χ3n) is 3.23. The summed E-state index contributed by atoms with van der Waals surface area (Å²) in [5, 5.41) is 4.92. The molecule has 2 rings (SSSR count). The molecule has 0 bridgehead atoms. The average molecular weight is 274 g/mol. The fourth-order valence-corrected chi connectivity index (χ4v) is 4.68. The number of nitrogens with one attached hydrogen (secondary N) is 1. The maximum Gasteiger partial charge on any atom is 0.252 e. The second-order valence-electron chi connectivity index (χ2n) is 4.41. The van der Waals surface area contributed by atoms with Crippen LogP contribution in [0.4, 0.5) is 0 Å². The fraction of sp³-hybridized carbons (Fsp3) is 0.636. The normalized spacial score (nSPS) is 17.4. The van der Waals surface area contributed by atoms with Crippen LogP contribution in [0.3, 0.4) is 0 Å². The second-order valence-corrected chi connectivity index (χ2v) is 7.55. The van der Waals surface area contributed by atoms with Crippen LogP contribution in [0, 0.1) is 0 Å². The Kier molecular flexibility index (Phi) is 3.87. The molecule has 1 heterocycles. The minimum absolute atomic E-state index is 0.204. The lowest BCUT2D eigenvalue weighted by molar-refractivity contribution is 0.250. The Morgan fingerprint density at radius 2 is 2.24 bits per heavy atom. The first kappa shape index (κ1) is 13.0. The highest BCUT2D eigenvalue weighted by Crippen LogP contribution is 2.30. The van der Waals surface area contributed by atoms with Crippen molar-refractivity contribution >= 4 is 21.4 Å². The van der Waals surface area contributed by atoms with E-state index in [1.807, 2.05) is 12.4 Å². The van der Waals surface area contributed by atoms with E-state index in [4.69, 9.17) is 0 Å². The van der Waals surface area contributed by atoms with Crippen LogP contribution in [-0.4, -0.2) is 32.9 Å². The highest BCUT2D eigenvalue weighted by Gasteiger charge is 2.32. The molecule has 0 saturated heterocycles. The van der Waals surface area contributed by atoms with Crippen LogP contribution in [0.1, 0.15) is 24.8 Å². The Bertz CT molecular complexity index is 477. The predicted molar refractivity (Wildman–Crippen MR) is 69.7 cm³/mol. The molecule has 0 radical (unpaired) electrons. The number of thiophene rings is 1. The minimum Gasteiger partial charge on any atom is -0.316 e. The molecule has 1 aromatic rings. The summed E-state index contributed by atoms with van der Waals surface area (Å²) in [6, 6.07) is 1.97. The van der Waals surface area contributed by atoms with Crippen molar-refractivity contribution in [1.82, 2.24) is 9.62 Å². The van der Waals surface area contributed by atoms with E-state index in [-0.39, 0.29) is 6.04 Å². The molecule has 0 atom stereocenters. The molecule has 0 aliphatic heterocycles. The molecule has 0 unspecified atom stereocenters. The number of sulfonamides is 1. The summed E-state index contributed by atoms with van der Waals surface area (Å²) < 4.78 is 26.6. The van der Waals surface area contributed by atoms with Gasteiger partial charge < -0.3 is 5.32 Å². The van der Waals surface area contributed by atoms with E-state index in [1.54, 1.807) is 13.1 Å². The summed E-state index contributed by atoms with van der Waals surface area (Å²) in [6.45, 7) is 0.708. The largest absolute Gasteiger partial charge is 0.316 e. The lowest BCUT2D eigenvalue weighted by atomic mass is 9.94. The number of nitrogens with zero attached hydrogens (tertiary/aromatic N) is 1. The van der Waals surface area contributed by atoms with Crippen LogP contribution in [0.15, 0.2) is 15.7 Å². The van der Waals surface area contributed by atoms with Crippen molar-refractivity contribution < 1.29 is 8.42 Å². The van der Waals surface area contributed by atoms with Crippen molar-refractivity contribution in [2.45, 2.75) is 36.1 Å². The predicted octanol–water partition coefficient (Wildman–Crippen LogP) is 1.64. The summed E-state index contributed by atoms with van der Waals surface area (Å²) in [5.74, 6) is 0. The van der Waals surface area contributed by atoms with E-state index >= 15 is 0 Å². The lowest BCUT2D eigenvalue weighted by Crippen LogP contribution is -2.40. The molecular weight excluding hydrogens is 256 g/mol. The van der Waals surface area contributed by atoms with Gasteiger partial charge in [0.25, 0.3) is 10.0 Å². The standard InChI is InChI=1S/C11H18N2O2S2/c1-12-7-9-6-11(16-8-9)17(14,15)13(2)10-4-3-5-10/h6,8,10,12H,3-5,7H2,1-2H3. The molecule has 17 heavy (non-hydrogen) atoms. The molecule has 1 fully saturated rings. The fourth-order valence-electron chi connectivity index (χ4n) is 1.87. The average Bonchev–Trinajstić information content (AvgIpc) is 2.64. The summed E-state index contributed by atoms with van der Waals surface area (Å²) in [4.78, 5) is 0. The number of hydrogen-bond donors (Lipinski definition) is 1. The van der Waals surface area contributed by atoms with E-state index in [1.165, 1.54) is 15.6 Å². The van der Waals surface area contributed by atoms with Crippen LogP contribution in [0.25, 0.3) is 0 Å². The van der Waals surface area contributed by atoms with Gasteiger partial charge in [0, 0.05) is 19.6 Å². The zero-order valence-electron chi connectivity index (χ0n) is 10.1. The molecule has 96 valence electrons. The zero-order valence-corrected chi connectivity index (χ0v) is 11.8. The molecule has 0 amide bonds. The van der Waals surface area contributed by atoms with E-state index < -0.39 is 10.0 Å². The first-order valence-corrected chi connectivity index (χ1v) is 8.07. The molecule has 6 heteroatoms. The Hall–Kier alpha value is -0.430. The van der Waals surface area contributed by atoms with E-state index in [0.29, 0.717) is 10.8 Å². The van der Waals surface area contributed by atoms with Gasteiger partial charge in [-0.1, -0.05) is 6.42 Å². The molecule has 0 spiro atoms. The van der Waals surface area contributed by atoms with Gasteiger partial charge in [-0.2, -0.15) is 4.31 Å². The van der Waals surface area contributed by atoms with E-state index in [9.17, 15) is 8.42 Å². The van der Waals surface area contributed by atoms with Gasteiger partial charge in [-0.3, -0.25) is 0 Å². The van der Waals surface area contributed by atoms with Crippen molar-refractivity contribution in [2.75, 3.05) is 14.1 Å². The maximum atomic E-state index is 12.3. The van der Waals surface area contributed by atoms with E-state index in [0.717, 1.165) is 24.8 Å². The molecule has 1 aliphatic carbocycles. The molecule has 0 aromatic carbocycles. The van der Waals surface area contributed by atoms with Gasteiger partial charge in [0.2, 0.25) is 0 Å². The molecule has 4 nitrogen and oxygen atoms in total. The Morgan fingerprint density at radius 3 is 2.76 bits per heavy atom. The molecular formula is C11H18N2O2S2. The van der Waals surface area contributed by atoms with Gasteiger partial charge in [-0.25, -0.2) is 8.42 Å². The molecule has 1 aliphatic rings. The van der Waals surface area contributed by atoms with E-state index in [2.05, 4.69) is 5.32 Å². The Morgan fingerprint density at radius 1 is 1.53 bits per heavy atom. The lowest BCUT2D eigenvalue weighted by Gasteiger charge is -2.33. The Labute approximate surface area is 107 Å². The van der Waals surface area contributed by atoms with Gasteiger partial charge in [0.15, 0.2) is 0 Å². The maximum absolute atomic E-state index is 12.3. The quantitative estimate of drug-likeness (QED) is 0.888. The van der Waals surface area contributed by atoms with Crippen LogP contribution in [0.5, 0.6) is 0 Å². The monoisotopic (exact) mass is 274 g/mol. The van der Waals surface area contributed by atoms with Crippen molar-refractivity contribution in [2.24, 2.45) is 0 Å². The Balaban J connectivity index is 2.18. The summed E-state index contributed by atoms with van der Waals surface area (Å²) in [7, 11) is 0.272. The van der Waals surface area contributed by atoms with Crippen molar-refractivity contribution in [3.05, 3.63) is 17.0 Å². The van der Waals surface area contributed by atoms with Gasteiger partial charge >= 0.3 is 0 Å². The van der Waals surface area contributed by atoms with Crippen LogP contribution >= 0.6 is 11.3 Å². The highest BCUT2D eigenvalue weighted by molar-refractivity contribution is 7.91. The van der Waals surface area contributed by atoms with Gasteiger partial charge in [0.05, 0.1) is 0 Å². The smallest absolute Gasteiger partial charge is 0.252 e. The molecule has 1 N–H and O–H groups in total.